The lowest BCUT2D eigenvalue weighted by atomic mass is 10.1. The van der Waals surface area contributed by atoms with Gasteiger partial charge < -0.3 is 0 Å². The number of nitro groups is 1. The molecule has 0 aromatic heterocycles. The molecule has 0 saturated carbocycles. The van der Waals surface area contributed by atoms with Crippen molar-refractivity contribution in [2.75, 3.05) is 0 Å². The Morgan fingerprint density at radius 2 is 1.74 bits per heavy atom. The number of hydrogen-bond acceptors (Lipinski definition) is 4. The smallest absolute Gasteiger partial charge is 0.273 e. The van der Waals surface area contributed by atoms with Crippen LogP contribution in [0.1, 0.15) is 24.7 Å². The van der Waals surface area contributed by atoms with Crippen molar-refractivity contribution in [3.8, 4) is 0 Å². The van der Waals surface area contributed by atoms with Crippen molar-refractivity contribution in [2.24, 2.45) is 4.99 Å². The van der Waals surface area contributed by atoms with Crippen LogP contribution in [0, 0.1) is 10.1 Å². The lowest BCUT2D eigenvalue weighted by molar-refractivity contribution is -0.387. The third kappa shape index (κ3) is 4.81. The van der Waals surface area contributed by atoms with Gasteiger partial charge in [0.15, 0.2) is 0 Å². The van der Waals surface area contributed by atoms with Crippen molar-refractivity contribution in [3.63, 3.8) is 0 Å². The van der Waals surface area contributed by atoms with Crippen molar-refractivity contribution in [2.45, 2.75) is 30.0 Å². The number of hydrogen-bond donors (Lipinski definition) is 0. The normalized spacial score (nSPS) is 13.1. The number of aliphatic imine (C=N–C) groups is 1. The van der Waals surface area contributed by atoms with Gasteiger partial charge in [-0.3, -0.25) is 15.1 Å². The van der Waals surface area contributed by atoms with Crippen molar-refractivity contribution < 1.29 is 4.92 Å². The van der Waals surface area contributed by atoms with Crippen LogP contribution in [0.15, 0.2) is 64.5 Å². The maximum atomic E-state index is 11.2. The Bertz CT molecular complexity index is 705. The molecule has 2 aromatic rings. The molecule has 2 rings (SSSR count). The van der Waals surface area contributed by atoms with E-state index in [1.165, 1.54) is 17.8 Å². The zero-order valence-corrected chi connectivity index (χ0v) is 14.4. The first kappa shape index (κ1) is 17.5. The first-order valence-corrected chi connectivity index (χ1v) is 8.43. The first-order valence-electron chi connectivity index (χ1n) is 7.17. The molecule has 2 aromatic carbocycles. The second-order valence-electron chi connectivity index (χ2n) is 5.18. The molecule has 6 heteroatoms. The van der Waals surface area contributed by atoms with Gasteiger partial charge in [0.2, 0.25) is 0 Å². The van der Waals surface area contributed by atoms with E-state index in [9.17, 15) is 10.1 Å². The molecular weight excluding hydrogens is 332 g/mol. The highest BCUT2D eigenvalue weighted by molar-refractivity contribution is 8.00. The molecule has 23 heavy (non-hydrogen) atoms. The van der Waals surface area contributed by atoms with Gasteiger partial charge in [-0.05, 0) is 25.5 Å². The summed E-state index contributed by atoms with van der Waals surface area (Å²) in [6.45, 7) is 3.89. The summed E-state index contributed by atoms with van der Waals surface area (Å²) in [6, 6.07) is 16.4. The minimum Gasteiger partial charge on any atom is -0.273 e. The topological polar surface area (TPSA) is 55.5 Å². The molecule has 0 aliphatic heterocycles. The molecule has 0 heterocycles. The Morgan fingerprint density at radius 1 is 1.13 bits per heavy atom. The molecule has 0 amide bonds. The first-order chi connectivity index (χ1) is 11.0. The molecule has 0 aliphatic rings. The summed E-state index contributed by atoms with van der Waals surface area (Å²) < 4.78 is 0. The van der Waals surface area contributed by atoms with E-state index in [0.717, 1.165) is 5.56 Å². The minimum absolute atomic E-state index is 0.0556. The molecule has 0 aliphatic carbocycles. The standard InChI is InChI=1S/C17H17ClN2O2S/c1-12(2)19-17(18)16(13-8-4-3-5-9-13)23-15-11-7-6-10-14(15)20(21)22/h3-12,16H,1-2H3. The Morgan fingerprint density at radius 3 is 2.35 bits per heavy atom. The van der Waals surface area contributed by atoms with Gasteiger partial charge in [0.1, 0.15) is 5.17 Å². The van der Waals surface area contributed by atoms with Gasteiger partial charge in [-0.2, -0.15) is 0 Å². The van der Waals surface area contributed by atoms with Gasteiger partial charge >= 0.3 is 0 Å². The van der Waals surface area contributed by atoms with E-state index in [2.05, 4.69) is 4.99 Å². The fourth-order valence-corrected chi connectivity index (χ4v) is 3.61. The highest BCUT2D eigenvalue weighted by Crippen LogP contribution is 2.41. The average molecular weight is 349 g/mol. The Kier molecular flexibility index (Phi) is 6.19. The monoisotopic (exact) mass is 348 g/mol. The number of rotatable bonds is 6. The van der Waals surface area contributed by atoms with Gasteiger partial charge in [-0.25, -0.2) is 0 Å². The summed E-state index contributed by atoms with van der Waals surface area (Å²) in [7, 11) is 0. The predicted octanol–water partition coefficient (Wildman–Crippen LogP) is 5.47. The van der Waals surface area contributed by atoms with E-state index in [-0.39, 0.29) is 21.9 Å². The number of para-hydroxylation sites is 1. The largest absolute Gasteiger partial charge is 0.282 e. The molecule has 0 fully saturated rings. The highest BCUT2D eigenvalue weighted by Gasteiger charge is 2.23. The molecular formula is C17H17ClN2O2S. The second-order valence-corrected chi connectivity index (χ2v) is 6.71. The second kappa shape index (κ2) is 8.13. The van der Waals surface area contributed by atoms with Crippen LogP contribution in [0.3, 0.4) is 0 Å². The SMILES string of the molecule is CC(C)N=C(Cl)C(Sc1ccccc1[N+](=O)[O-])c1ccccc1. The predicted molar refractivity (Wildman–Crippen MR) is 96.6 cm³/mol. The molecule has 1 unspecified atom stereocenters. The van der Waals surface area contributed by atoms with Gasteiger partial charge in [0, 0.05) is 12.1 Å². The van der Waals surface area contributed by atoms with Crippen LogP contribution >= 0.6 is 23.4 Å². The van der Waals surface area contributed by atoms with Crippen LogP contribution in [-0.4, -0.2) is 16.1 Å². The Hall–Kier alpha value is -1.85. The summed E-state index contributed by atoms with van der Waals surface area (Å²) in [6.07, 6.45) is 0. The summed E-state index contributed by atoms with van der Waals surface area (Å²) in [5.74, 6) is 0. The highest BCUT2D eigenvalue weighted by atomic mass is 35.5. The van der Waals surface area contributed by atoms with E-state index in [1.54, 1.807) is 18.2 Å². The molecule has 4 nitrogen and oxygen atoms in total. The van der Waals surface area contributed by atoms with E-state index in [0.29, 0.717) is 10.1 Å². The van der Waals surface area contributed by atoms with Crippen LogP contribution in [0.2, 0.25) is 0 Å². The summed E-state index contributed by atoms with van der Waals surface area (Å²) in [5, 5.41) is 11.4. The third-order valence-corrected chi connectivity index (χ3v) is 4.78. The molecule has 1 atom stereocenters. The number of nitrogens with zero attached hydrogens (tertiary/aromatic N) is 2. The maximum Gasteiger partial charge on any atom is 0.282 e. The number of halogens is 1. The summed E-state index contributed by atoms with van der Waals surface area (Å²) >= 11 is 7.76. The molecule has 120 valence electrons. The van der Waals surface area contributed by atoms with Crippen molar-refractivity contribution in [3.05, 3.63) is 70.3 Å². The Balaban J connectivity index is 2.42. The molecule has 0 bridgehead atoms. The zero-order chi connectivity index (χ0) is 16.8. The fourth-order valence-electron chi connectivity index (χ4n) is 2.03. The van der Waals surface area contributed by atoms with Gasteiger partial charge in [0.25, 0.3) is 5.69 Å². The van der Waals surface area contributed by atoms with Crippen LogP contribution in [0.25, 0.3) is 0 Å². The fraction of sp³-hybridized carbons (Fsp3) is 0.235. The van der Waals surface area contributed by atoms with Crippen LogP contribution in [0.4, 0.5) is 5.69 Å². The summed E-state index contributed by atoms with van der Waals surface area (Å²) in [5.41, 5.74) is 1.04. The molecule has 0 saturated heterocycles. The molecule has 0 N–H and O–H groups in total. The van der Waals surface area contributed by atoms with Gasteiger partial charge in [-0.15, -0.1) is 11.8 Å². The minimum atomic E-state index is -0.377. The van der Waals surface area contributed by atoms with Crippen LogP contribution in [0.5, 0.6) is 0 Å². The maximum absolute atomic E-state index is 11.2. The van der Waals surface area contributed by atoms with Crippen molar-refractivity contribution in [1.82, 2.24) is 0 Å². The zero-order valence-electron chi connectivity index (χ0n) is 12.8. The Labute approximate surface area is 144 Å². The third-order valence-electron chi connectivity index (χ3n) is 3.01. The van der Waals surface area contributed by atoms with E-state index >= 15 is 0 Å². The molecule has 0 radical (unpaired) electrons. The lowest BCUT2D eigenvalue weighted by Gasteiger charge is -2.16. The number of benzene rings is 2. The number of thioether (sulfide) groups is 1. The van der Waals surface area contributed by atoms with Gasteiger partial charge in [-0.1, -0.05) is 54.1 Å². The van der Waals surface area contributed by atoms with Gasteiger partial charge in [0.05, 0.1) is 15.1 Å². The molecule has 0 spiro atoms. The quantitative estimate of drug-likeness (QED) is 0.301. The van der Waals surface area contributed by atoms with Crippen molar-refractivity contribution in [1.29, 1.82) is 0 Å². The average Bonchev–Trinajstić information content (AvgIpc) is 2.53. The van der Waals surface area contributed by atoms with Crippen LogP contribution in [-0.2, 0) is 0 Å². The van der Waals surface area contributed by atoms with E-state index < -0.39 is 0 Å². The summed E-state index contributed by atoms with van der Waals surface area (Å²) in [4.78, 5) is 15.8. The van der Waals surface area contributed by atoms with E-state index in [4.69, 9.17) is 11.6 Å². The van der Waals surface area contributed by atoms with Crippen LogP contribution < -0.4 is 0 Å². The van der Waals surface area contributed by atoms with E-state index in [1.807, 2.05) is 44.2 Å². The lowest BCUT2D eigenvalue weighted by Crippen LogP contribution is -2.06. The van der Waals surface area contributed by atoms with Crippen molar-refractivity contribution >= 4 is 34.2 Å². The number of nitro benzene ring substituents is 1.